The van der Waals surface area contributed by atoms with Crippen molar-refractivity contribution in [1.29, 1.82) is 0 Å². The largest absolute Gasteiger partial charge is 0.256 e. The van der Waals surface area contributed by atoms with Gasteiger partial charge in [-0.3, -0.25) is 4.98 Å². The molecule has 1 heteroatoms. The van der Waals surface area contributed by atoms with Crippen LogP contribution in [0.3, 0.4) is 0 Å². The highest BCUT2D eigenvalue weighted by atomic mass is 14.7. The van der Waals surface area contributed by atoms with Crippen LogP contribution in [0, 0.1) is 13.8 Å². The zero-order valence-corrected chi connectivity index (χ0v) is 18.2. The fourth-order valence-corrected chi connectivity index (χ4v) is 2.62. The third-order valence-electron chi connectivity index (χ3n) is 3.70. The molecule has 25 heavy (non-hydrogen) atoms. The van der Waals surface area contributed by atoms with Crippen molar-refractivity contribution >= 4 is 17.0 Å². The zero-order valence-electron chi connectivity index (χ0n) is 18.2. The summed E-state index contributed by atoms with van der Waals surface area (Å²) in [4.78, 5) is 4.61. The van der Waals surface area contributed by atoms with Crippen LogP contribution in [-0.2, 0) is 0 Å². The second-order valence-electron chi connectivity index (χ2n) is 5.23. The van der Waals surface area contributed by atoms with E-state index in [0.29, 0.717) is 5.92 Å². The zero-order chi connectivity index (χ0) is 20.0. The quantitative estimate of drug-likeness (QED) is 0.512. The lowest BCUT2D eigenvalue weighted by Gasteiger charge is -2.18. The molecular formula is C24H39N. The summed E-state index contributed by atoms with van der Waals surface area (Å²) < 4.78 is 0. The topological polar surface area (TPSA) is 12.9 Å². The molecule has 0 aliphatic carbocycles. The van der Waals surface area contributed by atoms with Crippen LogP contribution < -0.4 is 0 Å². The molecule has 0 aliphatic heterocycles. The number of pyridine rings is 1. The average molecular weight is 342 g/mol. The Balaban J connectivity index is 0. The Morgan fingerprint density at radius 3 is 2.00 bits per heavy atom. The summed E-state index contributed by atoms with van der Waals surface area (Å²) >= 11 is 0. The number of aryl methyl sites for hydroxylation is 1. The number of hydrogen-bond acceptors (Lipinski definition) is 1. The summed E-state index contributed by atoms with van der Waals surface area (Å²) in [6.07, 6.45) is 7.85. The van der Waals surface area contributed by atoms with E-state index in [-0.39, 0.29) is 0 Å². The lowest BCUT2D eigenvalue weighted by molar-refractivity contribution is 0.867. The molecule has 0 radical (unpaired) electrons. The van der Waals surface area contributed by atoms with Crippen LogP contribution in [0.1, 0.15) is 83.6 Å². The number of nitrogens with zero attached hydrogens (tertiary/aromatic N) is 1. The van der Waals surface area contributed by atoms with E-state index in [2.05, 4.69) is 51.4 Å². The minimum absolute atomic E-state index is 0.446. The van der Waals surface area contributed by atoms with E-state index in [1.165, 1.54) is 27.6 Å². The molecule has 1 heterocycles. The maximum atomic E-state index is 4.61. The van der Waals surface area contributed by atoms with Gasteiger partial charge in [-0.25, -0.2) is 0 Å². The fraction of sp³-hybridized carbons (Fsp3) is 0.458. The lowest BCUT2D eigenvalue weighted by atomic mass is 9.87. The van der Waals surface area contributed by atoms with Gasteiger partial charge in [0.25, 0.3) is 0 Å². The van der Waals surface area contributed by atoms with E-state index in [4.69, 9.17) is 0 Å². The van der Waals surface area contributed by atoms with Crippen LogP contribution in [0.15, 0.2) is 37.1 Å². The van der Waals surface area contributed by atoms with E-state index >= 15 is 0 Å². The van der Waals surface area contributed by atoms with Crippen LogP contribution >= 0.6 is 0 Å². The first kappa shape index (κ1) is 25.4. The van der Waals surface area contributed by atoms with Gasteiger partial charge in [0.15, 0.2) is 0 Å². The second kappa shape index (κ2) is 14.5. The molecule has 2 aromatic rings. The van der Waals surface area contributed by atoms with Gasteiger partial charge in [-0.2, -0.15) is 0 Å². The van der Waals surface area contributed by atoms with E-state index in [1.807, 2.05) is 66.0 Å². The molecule has 1 nitrogen and oxygen atoms in total. The maximum absolute atomic E-state index is 4.61. The fourth-order valence-electron chi connectivity index (χ4n) is 2.62. The molecule has 0 N–H and O–H groups in total. The molecular weight excluding hydrogens is 302 g/mol. The summed E-state index contributed by atoms with van der Waals surface area (Å²) in [6.45, 7) is 24.6. The first-order valence-electron chi connectivity index (χ1n) is 9.74. The summed E-state index contributed by atoms with van der Waals surface area (Å²) in [5, 5.41) is 1.26. The Kier molecular flexibility index (Phi) is 14.7. The summed E-state index contributed by atoms with van der Waals surface area (Å²) in [7, 11) is 0. The minimum atomic E-state index is 0.446. The Bertz CT molecular complexity index is 649. The van der Waals surface area contributed by atoms with Crippen molar-refractivity contribution in [3.8, 4) is 0 Å². The second-order valence-corrected chi connectivity index (χ2v) is 5.23. The molecule has 0 atom stereocenters. The summed E-state index contributed by atoms with van der Waals surface area (Å²) in [6, 6.07) is 4.18. The Labute approximate surface area is 156 Å². The van der Waals surface area contributed by atoms with Gasteiger partial charge in [-0.15, -0.1) is 0 Å². The molecule has 1 aromatic heterocycles. The van der Waals surface area contributed by atoms with Crippen molar-refractivity contribution in [3.63, 3.8) is 0 Å². The van der Waals surface area contributed by atoms with Crippen LogP contribution in [-0.4, -0.2) is 4.98 Å². The third-order valence-corrected chi connectivity index (χ3v) is 3.70. The van der Waals surface area contributed by atoms with Crippen molar-refractivity contribution in [2.75, 3.05) is 0 Å². The van der Waals surface area contributed by atoms with E-state index in [1.54, 1.807) is 0 Å². The third kappa shape index (κ3) is 6.49. The van der Waals surface area contributed by atoms with E-state index in [0.717, 1.165) is 5.52 Å². The number of benzene rings is 1. The van der Waals surface area contributed by atoms with Gasteiger partial charge in [-0.05, 0) is 48.1 Å². The van der Waals surface area contributed by atoms with Crippen molar-refractivity contribution < 1.29 is 0 Å². The summed E-state index contributed by atoms with van der Waals surface area (Å²) in [5.41, 5.74) is 6.40. The van der Waals surface area contributed by atoms with Gasteiger partial charge >= 0.3 is 0 Å². The molecule has 0 saturated heterocycles. The van der Waals surface area contributed by atoms with Gasteiger partial charge in [0.1, 0.15) is 0 Å². The van der Waals surface area contributed by atoms with Gasteiger partial charge in [-0.1, -0.05) is 86.3 Å². The van der Waals surface area contributed by atoms with Gasteiger partial charge < -0.3 is 0 Å². The molecule has 0 bridgehead atoms. The molecule has 0 spiro atoms. The molecule has 0 saturated carbocycles. The van der Waals surface area contributed by atoms with Crippen molar-refractivity contribution in [2.24, 2.45) is 0 Å². The molecule has 140 valence electrons. The van der Waals surface area contributed by atoms with Crippen molar-refractivity contribution in [1.82, 2.24) is 4.98 Å². The molecule has 0 unspecified atom stereocenters. The number of hydrogen-bond donors (Lipinski definition) is 0. The molecule has 0 amide bonds. The Hall–Kier alpha value is -1.89. The summed E-state index contributed by atoms with van der Waals surface area (Å²) in [5.74, 6) is 0.446. The average Bonchev–Trinajstić information content (AvgIpc) is 2.68. The van der Waals surface area contributed by atoms with E-state index < -0.39 is 0 Å². The van der Waals surface area contributed by atoms with Gasteiger partial charge in [0.2, 0.25) is 0 Å². The number of fused-ring (bicyclic) bond motifs is 1. The SMILES string of the molecule is C=C/C=C\c1c(C)c(C)c2cccnc2c1C(C)C.CC.CC.CC. The van der Waals surface area contributed by atoms with Crippen LogP contribution in [0.4, 0.5) is 0 Å². The predicted octanol–water partition coefficient (Wildman–Crippen LogP) is 8.25. The van der Waals surface area contributed by atoms with Crippen LogP contribution in [0.25, 0.3) is 17.0 Å². The highest BCUT2D eigenvalue weighted by molar-refractivity contribution is 5.90. The smallest absolute Gasteiger partial charge is 0.0745 e. The number of rotatable bonds is 3. The van der Waals surface area contributed by atoms with Gasteiger partial charge in [0, 0.05) is 11.6 Å². The monoisotopic (exact) mass is 341 g/mol. The van der Waals surface area contributed by atoms with E-state index in [9.17, 15) is 0 Å². The Morgan fingerprint density at radius 1 is 0.960 bits per heavy atom. The first-order valence-corrected chi connectivity index (χ1v) is 9.74. The number of allylic oxidation sites excluding steroid dienone is 2. The first-order chi connectivity index (χ1) is 12.1. The van der Waals surface area contributed by atoms with Gasteiger partial charge in [0.05, 0.1) is 5.52 Å². The van der Waals surface area contributed by atoms with Crippen molar-refractivity contribution in [3.05, 3.63) is 59.3 Å². The predicted molar refractivity (Wildman–Crippen MR) is 119 cm³/mol. The normalized spacial score (nSPS) is 9.56. The van der Waals surface area contributed by atoms with Crippen LogP contribution in [0.5, 0.6) is 0 Å². The Morgan fingerprint density at radius 2 is 1.52 bits per heavy atom. The number of aromatic nitrogens is 1. The lowest BCUT2D eigenvalue weighted by Crippen LogP contribution is -2.01. The molecule has 2 rings (SSSR count). The molecule has 0 aliphatic rings. The molecule has 0 fully saturated rings. The molecule has 1 aromatic carbocycles. The van der Waals surface area contributed by atoms with Crippen molar-refractivity contribution in [2.45, 2.75) is 75.2 Å². The highest BCUT2D eigenvalue weighted by Gasteiger charge is 2.15. The maximum Gasteiger partial charge on any atom is 0.0745 e. The standard InChI is InChI=1S/C18H21N.3C2H6/c1-6-7-9-15-13(4)14(5)16-10-8-11-19-18(16)17(15)12(2)3;3*1-2/h6-12H,1H2,2-5H3;3*1-2H3/b9-7-;;;. The highest BCUT2D eigenvalue weighted by Crippen LogP contribution is 2.34. The minimum Gasteiger partial charge on any atom is -0.256 e. The van der Waals surface area contributed by atoms with Crippen LogP contribution in [0.2, 0.25) is 0 Å².